The highest BCUT2D eigenvalue weighted by Gasteiger charge is 2.20. The van der Waals surface area contributed by atoms with Crippen LogP contribution < -0.4 is 5.32 Å². The average Bonchev–Trinajstić information content (AvgIpc) is 3.02. The molecule has 0 saturated carbocycles. The summed E-state index contributed by atoms with van der Waals surface area (Å²) in [5.74, 6) is -1.18. The molecule has 0 spiro atoms. The Morgan fingerprint density at radius 3 is 2.54 bits per heavy atom. The predicted octanol–water partition coefficient (Wildman–Crippen LogP) is 4.55. The zero-order chi connectivity index (χ0) is 19.3. The minimum atomic E-state index is -0.950. The standard InChI is InChI=1S/C19H20ClNO4S/c1-11-4-5-12(2)14(10-11)21-19(24)13(3)25-18(23)9-6-15(22)16-7-8-17(20)26-16/h4-5,7-8,10,13H,6,9H2,1-3H3,(H,21,24)/t13-/m1/s1. The smallest absolute Gasteiger partial charge is 0.307 e. The fourth-order valence-electron chi connectivity index (χ4n) is 2.22. The molecule has 2 rings (SSSR count). The summed E-state index contributed by atoms with van der Waals surface area (Å²) in [6.07, 6.45) is -1.02. The van der Waals surface area contributed by atoms with Gasteiger partial charge in [-0.2, -0.15) is 0 Å². The first-order chi connectivity index (χ1) is 12.3. The molecule has 1 amide bonds. The molecule has 1 atom stereocenters. The third kappa shape index (κ3) is 5.68. The highest BCUT2D eigenvalue weighted by atomic mass is 35.5. The van der Waals surface area contributed by atoms with Crippen LogP contribution in [0.3, 0.4) is 0 Å². The van der Waals surface area contributed by atoms with Gasteiger partial charge in [0.05, 0.1) is 15.6 Å². The number of ether oxygens (including phenoxy) is 1. The summed E-state index contributed by atoms with van der Waals surface area (Å²) in [6.45, 7) is 5.31. The van der Waals surface area contributed by atoms with E-state index in [0.717, 1.165) is 11.1 Å². The molecule has 1 heterocycles. The quantitative estimate of drug-likeness (QED) is 0.553. The van der Waals surface area contributed by atoms with Crippen LogP contribution in [-0.2, 0) is 14.3 Å². The van der Waals surface area contributed by atoms with E-state index in [0.29, 0.717) is 14.9 Å². The third-order valence-electron chi connectivity index (χ3n) is 3.73. The molecule has 0 aliphatic carbocycles. The summed E-state index contributed by atoms with van der Waals surface area (Å²) in [7, 11) is 0. The summed E-state index contributed by atoms with van der Waals surface area (Å²) in [6, 6.07) is 8.97. The van der Waals surface area contributed by atoms with Gasteiger partial charge >= 0.3 is 5.97 Å². The van der Waals surface area contributed by atoms with Crippen LogP contribution in [0.15, 0.2) is 30.3 Å². The van der Waals surface area contributed by atoms with Crippen LogP contribution in [0, 0.1) is 13.8 Å². The van der Waals surface area contributed by atoms with E-state index < -0.39 is 18.0 Å². The van der Waals surface area contributed by atoms with Gasteiger partial charge in [-0.15, -0.1) is 11.3 Å². The van der Waals surface area contributed by atoms with Gasteiger partial charge in [0.25, 0.3) is 5.91 Å². The highest BCUT2D eigenvalue weighted by Crippen LogP contribution is 2.23. The van der Waals surface area contributed by atoms with Gasteiger partial charge in [0.2, 0.25) is 0 Å². The number of rotatable bonds is 7. The first-order valence-electron chi connectivity index (χ1n) is 8.12. The van der Waals surface area contributed by atoms with Crippen LogP contribution in [-0.4, -0.2) is 23.8 Å². The fourth-order valence-corrected chi connectivity index (χ4v) is 3.23. The lowest BCUT2D eigenvalue weighted by molar-refractivity contribution is -0.153. The van der Waals surface area contributed by atoms with Gasteiger partial charge in [-0.3, -0.25) is 14.4 Å². The topological polar surface area (TPSA) is 72.5 Å². The molecule has 1 N–H and O–H groups in total. The molecule has 5 nitrogen and oxygen atoms in total. The lowest BCUT2D eigenvalue weighted by Gasteiger charge is -2.15. The molecule has 138 valence electrons. The molecular formula is C19H20ClNO4S. The van der Waals surface area contributed by atoms with Crippen molar-refractivity contribution in [1.82, 2.24) is 0 Å². The third-order valence-corrected chi connectivity index (χ3v) is 5.00. The van der Waals surface area contributed by atoms with Crippen molar-refractivity contribution in [3.8, 4) is 0 Å². The SMILES string of the molecule is Cc1ccc(C)c(NC(=O)[C@@H](C)OC(=O)CCC(=O)c2ccc(Cl)s2)c1. The number of hydrogen-bond acceptors (Lipinski definition) is 5. The number of halogens is 1. The van der Waals surface area contributed by atoms with Gasteiger partial charge in [0, 0.05) is 12.1 Å². The van der Waals surface area contributed by atoms with Gasteiger partial charge in [-0.25, -0.2) is 0 Å². The molecule has 1 aromatic carbocycles. The van der Waals surface area contributed by atoms with Crippen molar-refractivity contribution >= 4 is 46.3 Å². The second-order valence-corrected chi connectivity index (χ2v) is 7.68. The van der Waals surface area contributed by atoms with Crippen molar-refractivity contribution in [1.29, 1.82) is 0 Å². The predicted molar refractivity (Wildman–Crippen MR) is 103 cm³/mol. The average molecular weight is 394 g/mol. The number of aryl methyl sites for hydroxylation is 2. The molecule has 0 aliphatic heterocycles. The lowest BCUT2D eigenvalue weighted by atomic mass is 10.1. The summed E-state index contributed by atoms with van der Waals surface area (Å²) >= 11 is 6.96. The first-order valence-corrected chi connectivity index (χ1v) is 9.32. The van der Waals surface area contributed by atoms with Gasteiger partial charge in [0.15, 0.2) is 11.9 Å². The lowest BCUT2D eigenvalue weighted by Crippen LogP contribution is -2.30. The first kappa shape index (κ1) is 20.1. The maximum atomic E-state index is 12.2. The normalized spacial score (nSPS) is 11.7. The van der Waals surface area contributed by atoms with Crippen LogP contribution in [0.5, 0.6) is 0 Å². The van der Waals surface area contributed by atoms with Crippen LogP contribution in [0.2, 0.25) is 4.34 Å². The zero-order valence-electron chi connectivity index (χ0n) is 14.8. The Hall–Kier alpha value is -2.18. The number of amides is 1. The Kier molecular flexibility index (Phi) is 6.94. The Morgan fingerprint density at radius 2 is 1.88 bits per heavy atom. The van der Waals surface area contributed by atoms with E-state index in [-0.39, 0.29) is 18.6 Å². The molecule has 1 aromatic heterocycles. The van der Waals surface area contributed by atoms with E-state index in [1.807, 2.05) is 32.0 Å². The largest absolute Gasteiger partial charge is 0.453 e. The molecule has 26 heavy (non-hydrogen) atoms. The van der Waals surface area contributed by atoms with Crippen molar-refractivity contribution in [2.75, 3.05) is 5.32 Å². The molecular weight excluding hydrogens is 374 g/mol. The van der Waals surface area contributed by atoms with Gasteiger partial charge in [-0.05, 0) is 50.1 Å². The molecule has 2 aromatic rings. The number of hydrogen-bond donors (Lipinski definition) is 1. The van der Waals surface area contributed by atoms with Crippen molar-refractivity contribution in [2.24, 2.45) is 0 Å². The second kappa shape index (κ2) is 8.96. The Morgan fingerprint density at radius 1 is 1.15 bits per heavy atom. The van der Waals surface area contributed by atoms with Crippen LogP contribution >= 0.6 is 22.9 Å². The van der Waals surface area contributed by atoms with Crippen LogP contribution in [0.25, 0.3) is 0 Å². The molecule has 7 heteroatoms. The minimum absolute atomic E-state index is 0.0149. The molecule has 0 saturated heterocycles. The summed E-state index contributed by atoms with van der Waals surface area (Å²) < 4.78 is 5.64. The van der Waals surface area contributed by atoms with E-state index in [1.165, 1.54) is 18.3 Å². The van der Waals surface area contributed by atoms with Crippen molar-refractivity contribution < 1.29 is 19.1 Å². The Bertz CT molecular complexity index is 831. The van der Waals surface area contributed by atoms with Crippen molar-refractivity contribution in [3.63, 3.8) is 0 Å². The number of thiophene rings is 1. The van der Waals surface area contributed by atoms with Crippen LogP contribution in [0.4, 0.5) is 5.69 Å². The zero-order valence-corrected chi connectivity index (χ0v) is 16.4. The van der Waals surface area contributed by atoms with Crippen molar-refractivity contribution in [2.45, 2.75) is 39.7 Å². The maximum Gasteiger partial charge on any atom is 0.307 e. The Labute approximate surface area is 161 Å². The monoisotopic (exact) mass is 393 g/mol. The Balaban J connectivity index is 1.83. The van der Waals surface area contributed by atoms with Gasteiger partial charge < -0.3 is 10.1 Å². The van der Waals surface area contributed by atoms with Crippen LogP contribution in [0.1, 0.15) is 40.6 Å². The summed E-state index contributed by atoms with van der Waals surface area (Å²) in [4.78, 5) is 36.6. The van der Waals surface area contributed by atoms with E-state index >= 15 is 0 Å². The maximum absolute atomic E-state index is 12.2. The number of Topliss-reactive ketones (excluding diaryl/α,β-unsaturated/α-hetero) is 1. The number of esters is 1. The van der Waals surface area contributed by atoms with E-state index in [1.54, 1.807) is 12.1 Å². The van der Waals surface area contributed by atoms with E-state index in [9.17, 15) is 14.4 Å². The van der Waals surface area contributed by atoms with E-state index in [4.69, 9.17) is 16.3 Å². The molecule has 0 aliphatic rings. The molecule has 0 unspecified atom stereocenters. The van der Waals surface area contributed by atoms with Crippen molar-refractivity contribution in [3.05, 3.63) is 50.7 Å². The summed E-state index contributed by atoms with van der Waals surface area (Å²) in [5.41, 5.74) is 2.62. The molecule has 0 radical (unpaired) electrons. The number of anilines is 1. The number of ketones is 1. The van der Waals surface area contributed by atoms with Gasteiger partial charge in [0.1, 0.15) is 0 Å². The fraction of sp³-hybridized carbons (Fsp3) is 0.316. The number of nitrogens with one attached hydrogen (secondary N) is 1. The second-order valence-electron chi connectivity index (χ2n) is 5.97. The van der Waals surface area contributed by atoms with E-state index in [2.05, 4.69) is 5.32 Å². The number of carbonyl (C=O) groups is 3. The molecule has 0 bridgehead atoms. The number of carbonyl (C=O) groups excluding carboxylic acids is 3. The minimum Gasteiger partial charge on any atom is -0.453 e. The molecule has 0 fully saturated rings. The highest BCUT2D eigenvalue weighted by molar-refractivity contribution is 7.18. The summed E-state index contributed by atoms with van der Waals surface area (Å²) in [5, 5.41) is 2.75. The van der Waals surface area contributed by atoms with Gasteiger partial charge in [-0.1, -0.05) is 23.7 Å². The number of benzene rings is 1.